The summed E-state index contributed by atoms with van der Waals surface area (Å²) in [6, 6.07) is 37.7. The topological polar surface area (TPSA) is 25.8 Å². The van der Waals surface area contributed by atoms with E-state index in [4.69, 9.17) is 4.98 Å². The molecule has 0 aliphatic heterocycles. The van der Waals surface area contributed by atoms with E-state index in [-0.39, 0.29) is 20.1 Å². The zero-order chi connectivity index (χ0) is 30.3. The SMILES string of the molecule is CC(C)Cc1cc(-c2[c-]cccc2)ncc1[Si](C)(C)C.C[Si](C)(C)c1cnc(-c2[c-]cccc2)cc1-c1ccccc1.[Ir]. The van der Waals surface area contributed by atoms with Crippen LogP contribution in [0.5, 0.6) is 0 Å². The maximum absolute atomic E-state index is 4.71. The summed E-state index contributed by atoms with van der Waals surface area (Å²) in [5.41, 5.74) is 8.20. The molecule has 0 saturated heterocycles. The molecule has 0 atom stereocenters. The van der Waals surface area contributed by atoms with Crippen LogP contribution in [0.1, 0.15) is 19.4 Å². The van der Waals surface area contributed by atoms with E-state index in [0.717, 1.165) is 28.9 Å². The summed E-state index contributed by atoms with van der Waals surface area (Å²) in [5.74, 6) is 0.667. The Morgan fingerprint density at radius 2 is 1.12 bits per heavy atom. The molecule has 0 spiro atoms. The van der Waals surface area contributed by atoms with Gasteiger partial charge in [0.05, 0.1) is 16.1 Å². The summed E-state index contributed by atoms with van der Waals surface area (Å²) in [6.45, 7) is 18.8. The molecule has 0 bridgehead atoms. The van der Waals surface area contributed by atoms with Crippen molar-refractivity contribution in [1.82, 2.24) is 9.97 Å². The van der Waals surface area contributed by atoms with Crippen molar-refractivity contribution in [3.05, 3.63) is 121 Å². The molecule has 225 valence electrons. The van der Waals surface area contributed by atoms with Gasteiger partial charge in [-0.25, -0.2) is 0 Å². The molecule has 0 N–H and O–H groups in total. The van der Waals surface area contributed by atoms with Gasteiger partial charge in [0.15, 0.2) is 0 Å². The molecule has 0 aliphatic rings. The van der Waals surface area contributed by atoms with Gasteiger partial charge in [-0.15, -0.1) is 71.8 Å². The molecule has 2 heterocycles. The molecule has 5 aromatic rings. The zero-order valence-electron chi connectivity index (χ0n) is 26.8. The van der Waals surface area contributed by atoms with Crippen molar-refractivity contribution in [3.63, 3.8) is 0 Å². The van der Waals surface area contributed by atoms with E-state index in [0.29, 0.717) is 5.92 Å². The first-order chi connectivity index (χ1) is 19.9. The molecule has 3 aromatic carbocycles. The number of pyridine rings is 2. The number of hydrogen-bond donors (Lipinski definition) is 0. The summed E-state index contributed by atoms with van der Waals surface area (Å²) >= 11 is 0. The Morgan fingerprint density at radius 3 is 1.58 bits per heavy atom. The Hall–Kier alpha value is -2.96. The van der Waals surface area contributed by atoms with Crippen LogP contribution < -0.4 is 10.4 Å². The number of aromatic nitrogens is 2. The van der Waals surface area contributed by atoms with E-state index in [1.165, 1.54) is 27.1 Å². The number of benzene rings is 3. The van der Waals surface area contributed by atoms with Crippen molar-refractivity contribution in [2.24, 2.45) is 5.92 Å². The summed E-state index contributed by atoms with van der Waals surface area (Å²) in [5, 5.41) is 2.89. The van der Waals surface area contributed by atoms with Gasteiger partial charge in [-0.3, -0.25) is 0 Å². The van der Waals surface area contributed by atoms with Crippen LogP contribution >= 0.6 is 0 Å². The third-order valence-electron chi connectivity index (χ3n) is 7.19. The normalized spacial score (nSPS) is 11.4. The Labute approximate surface area is 275 Å². The van der Waals surface area contributed by atoms with Gasteiger partial charge in [0.1, 0.15) is 0 Å². The molecule has 5 rings (SSSR count). The first-order valence-electron chi connectivity index (χ1n) is 14.9. The zero-order valence-corrected chi connectivity index (χ0v) is 31.2. The van der Waals surface area contributed by atoms with E-state index in [1.807, 2.05) is 36.4 Å². The van der Waals surface area contributed by atoms with Crippen LogP contribution in [0, 0.1) is 18.1 Å². The smallest absolute Gasteiger partial charge is 0.0803 e. The van der Waals surface area contributed by atoms with Crippen LogP contribution in [-0.4, -0.2) is 26.1 Å². The molecular weight excluding hydrogens is 733 g/mol. The van der Waals surface area contributed by atoms with Gasteiger partial charge in [0.2, 0.25) is 0 Å². The molecule has 0 amide bonds. The third kappa shape index (κ3) is 9.51. The van der Waals surface area contributed by atoms with Crippen LogP contribution in [-0.2, 0) is 26.5 Å². The number of hydrogen-bond acceptors (Lipinski definition) is 2. The summed E-state index contributed by atoms with van der Waals surface area (Å²) in [6.07, 6.45) is 5.31. The fraction of sp³-hybridized carbons (Fsp3) is 0.263. The van der Waals surface area contributed by atoms with E-state index in [2.05, 4.69) is 137 Å². The van der Waals surface area contributed by atoms with E-state index >= 15 is 0 Å². The predicted molar refractivity (Wildman–Crippen MR) is 187 cm³/mol. The minimum Gasteiger partial charge on any atom is -0.305 e. The standard InChI is InChI=1S/C20H20NSi.C18H24NSi.Ir/c1-22(2,3)20-15-21-19(17-12-8-5-9-13-17)14-18(20)16-10-6-4-7-11-16;1-14(2)11-16-12-17(15-9-7-6-8-10-15)19-13-18(16)20(3,4)5;/h4-12,14-15H,1-3H3;6-9,12-14H,11H2,1-5H3;/q2*-1;. The van der Waals surface area contributed by atoms with Crippen molar-refractivity contribution in [2.75, 3.05) is 0 Å². The molecular formula is C38H44IrN2Si2-2. The Kier molecular flexibility index (Phi) is 12.2. The van der Waals surface area contributed by atoms with Crippen molar-refractivity contribution >= 4 is 26.5 Å². The number of rotatable bonds is 7. The van der Waals surface area contributed by atoms with Crippen LogP contribution in [0.15, 0.2) is 103 Å². The average molecular weight is 777 g/mol. The van der Waals surface area contributed by atoms with Gasteiger partial charge in [0.25, 0.3) is 0 Å². The second-order valence-electron chi connectivity index (χ2n) is 13.4. The van der Waals surface area contributed by atoms with Crippen molar-refractivity contribution < 1.29 is 20.1 Å². The third-order valence-corrected chi connectivity index (χ3v) is 11.3. The summed E-state index contributed by atoms with van der Waals surface area (Å²) in [4.78, 5) is 9.39. The molecule has 1 radical (unpaired) electrons. The predicted octanol–water partition coefficient (Wildman–Crippen LogP) is 9.05. The second kappa shape index (κ2) is 15.2. The van der Waals surface area contributed by atoms with Crippen LogP contribution in [0.25, 0.3) is 33.6 Å². The largest absolute Gasteiger partial charge is 0.305 e. The molecule has 0 fully saturated rings. The monoisotopic (exact) mass is 777 g/mol. The maximum Gasteiger partial charge on any atom is 0.0803 e. The maximum atomic E-state index is 4.71. The van der Waals surface area contributed by atoms with E-state index < -0.39 is 16.1 Å². The molecule has 0 aliphatic carbocycles. The average Bonchev–Trinajstić information content (AvgIpc) is 2.97. The molecule has 2 nitrogen and oxygen atoms in total. The minimum atomic E-state index is -1.46. The van der Waals surface area contributed by atoms with Gasteiger partial charge in [-0.2, -0.15) is 0 Å². The Bertz CT molecular complexity index is 1570. The molecule has 0 saturated carbocycles. The minimum absolute atomic E-state index is 0. The first-order valence-corrected chi connectivity index (χ1v) is 21.9. The van der Waals surface area contributed by atoms with Gasteiger partial charge in [-0.05, 0) is 45.2 Å². The van der Waals surface area contributed by atoms with E-state index in [1.54, 1.807) is 0 Å². The fourth-order valence-corrected chi connectivity index (χ4v) is 8.16. The first kappa shape index (κ1) is 34.5. The van der Waals surface area contributed by atoms with Crippen LogP contribution in [0.4, 0.5) is 0 Å². The molecule has 43 heavy (non-hydrogen) atoms. The Morgan fingerprint density at radius 1 is 0.628 bits per heavy atom. The molecule has 0 unspecified atom stereocenters. The fourth-order valence-electron chi connectivity index (χ4n) is 5.09. The van der Waals surface area contributed by atoms with Crippen LogP contribution in [0.2, 0.25) is 39.3 Å². The van der Waals surface area contributed by atoms with Crippen molar-refractivity contribution in [1.29, 1.82) is 0 Å². The summed E-state index contributed by atoms with van der Waals surface area (Å²) < 4.78 is 0. The van der Waals surface area contributed by atoms with Gasteiger partial charge in [0, 0.05) is 32.5 Å². The molecule has 5 heteroatoms. The summed E-state index contributed by atoms with van der Waals surface area (Å²) in [7, 11) is -2.80. The van der Waals surface area contributed by atoms with Gasteiger partial charge >= 0.3 is 0 Å². The van der Waals surface area contributed by atoms with Gasteiger partial charge in [-0.1, -0.05) is 101 Å². The van der Waals surface area contributed by atoms with Crippen molar-refractivity contribution in [3.8, 4) is 33.6 Å². The van der Waals surface area contributed by atoms with Crippen molar-refractivity contribution in [2.45, 2.75) is 59.6 Å². The van der Waals surface area contributed by atoms with E-state index in [9.17, 15) is 0 Å². The number of nitrogens with zero attached hydrogens (tertiary/aromatic N) is 2. The van der Waals surface area contributed by atoms with Gasteiger partial charge < -0.3 is 9.97 Å². The molecule has 2 aromatic heterocycles. The van der Waals surface area contributed by atoms with Crippen LogP contribution in [0.3, 0.4) is 0 Å². The second-order valence-corrected chi connectivity index (χ2v) is 23.4. The Balaban J connectivity index is 0.000000231. The quantitative estimate of drug-likeness (QED) is 0.122.